The number of rotatable bonds is 4. The molecule has 2 nitrogen and oxygen atoms in total. The van der Waals surface area contributed by atoms with E-state index >= 15 is 0 Å². The van der Waals surface area contributed by atoms with Crippen molar-refractivity contribution in [1.29, 1.82) is 0 Å². The Bertz CT molecular complexity index is 189. The van der Waals surface area contributed by atoms with Crippen molar-refractivity contribution in [2.75, 3.05) is 19.6 Å². The molecule has 2 fully saturated rings. The van der Waals surface area contributed by atoms with Crippen molar-refractivity contribution in [2.24, 2.45) is 5.92 Å². The summed E-state index contributed by atoms with van der Waals surface area (Å²) in [4.78, 5) is 2.75. The zero-order valence-electron chi connectivity index (χ0n) is 11.0. The van der Waals surface area contributed by atoms with Gasteiger partial charge < -0.3 is 10.2 Å². The summed E-state index contributed by atoms with van der Waals surface area (Å²) in [6, 6.07) is 1.73. The number of likely N-dealkylation sites (tertiary alicyclic amines) is 1. The Hall–Kier alpha value is -0.0800. The molecule has 1 saturated carbocycles. The minimum Gasteiger partial charge on any atom is -0.314 e. The van der Waals surface area contributed by atoms with E-state index < -0.39 is 0 Å². The first-order chi connectivity index (χ1) is 7.75. The molecule has 94 valence electrons. The standard InChI is InChI=1S/C14H28N2/c1-12(2)11-15-13-7-9-16(10-8-13)14-5-3-4-6-14/h12-15H,3-11H2,1-2H3. The van der Waals surface area contributed by atoms with Gasteiger partial charge in [-0.1, -0.05) is 26.7 Å². The highest BCUT2D eigenvalue weighted by molar-refractivity contribution is 4.84. The molecular weight excluding hydrogens is 196 g/mol. The van der Waals surface area contributed by atoms with E-state index in [4.69, 9.17) is 0 Å². The van der Waals surface area contributed by atoms with Crippen LogP contribution in [-0.4, -0.2) is 36.6 Å². The fourth-order valence-corrected chi connectivity index (χ4v) is 3.14. The van der Waals surface area contributed by atoms with Gasteiger partial charge in [-0.2, -0.15) is 0 Å². The third-order valence-corrected chi connectivity index (χ3v) is 4.19. The average Bonchev–Trinajstić information content (AvgIpc) is 2.80. The van der Waals surface area contributed by atoms with Crippen LogP contribution in [0.3, 0.4) is 0 Å². The highest BCUT2D eigenvalue weighted by Crippen LogP contribution is 2.26. The van der Waals surface area contributed by atoms with Crippen LogP contribution in [0.1, 0.15) is 52.4 Å². The summed E-state index contributed by atoms with van der Waals surface area (Å²) < 4.78 is 0. The lowest BCUT2D eigenvalue weighted by Crippen LogP contribution is -2.46. The van der Waals surface area contributed by atoms with Gasteiger partial charge in [0.2, 0.25) is 0 Å². The summed E-state index contributed by atoms with van der Waals surface area (Å²) in [5, 5.41) is 3.71. The highest BCUT2D eigenvalue weighted by Gasteiger charge is 2.26. The van der Waals surface area contributed by atoms with Gasteiger partial charge in [0.1, 0.15) is 0 Å². The van der Waals surface area contributed by atoms with Crippen LogP contribution in [0.5, 0.6) is 0 Å². The van der Waals surface area contributed by atoms with Gasteiger partial charge in [0, 0.05) is 12.1 Å². The van der Waals surface area contributed by atoms with Crippen molar-refractivity contribution in [2.45, 2.75) is 64.5 Å². The number of hydrogen-bond acceptors (Lipinski definition) is 2. The van der Waals surface area contributed by atoms with Gasteiger partial charge in [-0.15, -0.1) is 0 Å². The lowest BCUT2D eigenvalue weighted by atomic mass is 10.0. The Balaban J connectivity index is 1.65. The van der Waals surface area contributed by atoms with E-state index in [0.29, 0.717) is 0 Å². The molecule has 1 aliphatic carbocycles. The van der Waals surface area contributed by atoms with Crippen LogP contribution in [0, 0.1) is 5.92 Å². The summed E-state index contributed by atoms with van der Waals surface area (Å²) in [5.74, 6) is 0.785. The van der Waals surface area contributed by atoms with Crippen LogP contribution in [-0.2, 0) is 0 Å². The first kappa shape index (κ1) is 12.4. The predicted molar refractivity (Wildman–Crippen MR) is 69.7 cm³/mol. The Kier molecular flexibility index (Phi) is 4.66. The van der Waals surface area contributed by atoms with E-state index in [0.717, 1.165) is 18.0 Å². The lowest BCUT2D eigenvalue weighted by Gasteiger charge is -2.36. The zero-order valence-corrected chi connectivity index (χ0v) is 11.0. The summed E-state index contributed by atoms with van der Waals surface area (Å²) in [6.07, 6.45) is 8.59. The van der Waals surface area contributed by atoms with Gasteiger partial charge in [-0.05, 0) is 51.2 Å². The molecule has 0 bridgehead atoms. The lowest BCUT2D eigenvalue weighted by molar-refractivity contribution is 0.144. The Labute approximate surface area is 101 Å². The maximum atomic E-state index is 3.71. The van der Waals surface area contributed by atoms with Gasteiger partial charge in [-0.25, -0.2) is 0 Å². The molecule has 1 heterocycles. The molecule has 0 spiro atoms. The molecule has 1 aliphatic heterocycles. The third kappa shape index (κ3) is 3.46. The molecule has 0 atom stereocenters. The molecule has 2 aliphatic rings. The van der Waals surface area contributed by atoms with Gasteiger partial charge >= 0.3 is 0 Å². The fourth-order valence-electron chi connectivity index (χ4n) is 3.14. The van der Waals surface area contributed by atoms with Crippen molar-refractivity contribution in [3.05, 3.63) is 0 Å². The number of nitrogens with one attached hydrogen (secondary N) is 1. The van der Waals surface area contributed by atoms with Gasteiger partial charge in [0.05, 0.1) is 0 Å². The quantitative estimate of drug-likeness (QED) is 0.790. The summed E-state index contributed by atoms with van der Waals surface area (Å²) in [7, 11) is 0. The number of nitrogens with zero attached hydrogens (tertiary/aromatic N) is 1. The molecule has 0 aromatic rings. The minimum atomic E-state index is 0.785. The number of piperidine rings is 1. The topological polar surface area (TPSA) is 15.3 Å². The Morgan fingerprint density at radius 2 is 1.69 bits per heavy atom. The van der Waals surface area contributed by atoms with E-state index in [1.54, 1.807) is 0 Å². The molecule has 1 N–H and O–H groups in total. The van der Waals surface area contributed by atoms with E-state index in [1.165, 1.54) is 58.2 Å². The van der Waals surface area contributed by atoms with E-state index in [-0.39, 0.29) is 0 Å². The third-order valence-electron chi connectivity index (χ3n) is 4.19. The second-order valence-electron chi connectivity index (χ2n) is 6.05. The molecule has 2 rings (SSSR count). The van der Waals surface area contributed by atoms with Crippen LogP contribution in [0.25, 0.3) is 0 Å². The SMILES string of the molecule is CC(C)CNC1CCN(C2CCCC2)CC1. The average molecular weight is 224 g/mol. The van der Waals surface area contributed by atoms with Crippen molar-refractivity contribution in [3.8, 4) is 0 Å². The molecular formula is C14H28N2. The molecule has 0 aromatic heterocycles. The highest BCUT2D eigenvalue weighted by atomic mass is 15.2. The Morgan fingerprint density at radius 3 is 2.25 bits per heavy atom. The molecule has 2 heteroatoms. The maximum Gasteiger partial charge on any atom is 0.00952 e. The largest absolute Gasteiger partial charge is 0.314 e. The van der Waals surface area contributed by atoms with Crippen LogP contribution < -0.4 is 5.32 Å². The van der Waals surface area contributed by atoms with Crippen molar-refractivity contribution < 1.29 is 0 Å². The van der Waals surface area contributed by atoms with E-state index in [1.807, 2.05) is 0 Å². The van der Waals surface area contributed by atoms with Crippen LogP contribution in [0.15, 0.2) is 0 Å². The molecule has 0 aromatic carbocycles. The summed E-state index contributed by atoms with van der Waals surface area (Å²) >= 11 is 0. The second-order valence-corrected chi connectivity index (χ2v) is 6.05. The van der Waals surface area contributed by atoms with Gasteiger partial charge in [-0.3, -0.25) is 0 Å². The monoisotopic (exact) mass is 224 g/mol. The zero-order chi connectivity index (χ0) is 11.4. The van der Waals surface area contributed by atoms with Crippen LogP contribution >= 0.6 is 0 Å². The van der Waals surface area contributed by atoms with Crippen molar-refractivity contribution in [1.82, 2.24) is 10.2 Å². The Morgan fingerprint density at radius 1 is 1.06 bits per heavy atom. The fraction of sp³-hybridized carbons (Fsp3) is 1.00. The van der Waals surface area contributed by atoms with Gasteiger partial charge in [0.15, 0.2) is 0 Å². The summed E-state index contributed by atoms with van der Waals surface area (Å²) in [5.41, 5.74) is 0. The first-order valence-corrected chi connectivity index (χ1v) is 7.23. The molecule has 0 unspecified atom stereocenters. The molecule has 16 heavy (non-hydrogen) atoms. The van der Waals surface area contributed by atoms with E-state index in [2.05, 4.69) is 24.1 Å². The second kappa shape index (κ2) is 6.02. The van der Waals surface area contributed by atoms with Gasteiger partial charge in [0.25, 0.3) is 0 Å². The van der Waals surface area contributed by atoms with Crippen molar-refractivity contribution >= 4 is 0 Å². The smallest absolute Gasteiger partial charge is 0.00952 e. The molecule has 1 saturated heterocycles. The van der Waals surface area contributed by atoms with Crippen molar-refractivity contribution in [3.63, 3.8) is 0 Å². The first-order valence-electron chi connectivity index (χ1n) is 7.23. The minimum absolute atomic E-state index is 0.785. The van der Waals surface area contributed by atoms with E-state index in [9.17, 15) is 0 Å². The molecule has 0 amide bonds. The molecule has 0 radical (unpaired) electrons. The summed E-state index contributed by atoms with van der Waals surface area (Å²) in [6.45, 7) is 8.44. The predicted octanol–water partition coefficient (Wildman–Crippen LogP) is 2.64. The van der Waals surface area contributed by atoms with Crippen LogP contribution in [0.4, 0.5) is 0 Å². The number of hydrogen-bond donors (Lipinski definition) is 1. The van der Waals surface area contributed by atoms with Crippen LogP contribution in [0.2, 0.25) is 0 Å². The maximum absolute atomic E-state index is 3.71. The normalized spacial score (nSPS) is 25.7.